The molecule has 1 aromatic carbocycles. The summed E-state index contributed by atoms with van der Waals surface area (Å²) in [6, 6.07) is 8.70. The highest BCUT2D eigenvalue weighted by Crippen LogP contribution is 2.23. The van der Waals surface area contributed by atoms with E-state index in [9.17, 15) is 4.79 Å². The zero-order chi connectivity index (χ0) is 42.3. The molecule has 0 radical (unpaired) electrons. The van der Waals surface area contributed by atoms with Crippen LogP contribution in [0.3, 0.4) is 0 Å². The summed E-state index contributed by atoms with van der Waals surface area (Å²) in [4.78, 5) is 21.2. The quantitative estimate of drug-likeness (QED) is 0.0641. The maximum absolute atomic E-state index is 12.8. The number of ether oxygens (including phenoxy) is 1. The van der Waals surface area contributed by atoms with Gasteiger partial charge in [-0.2, -0.15) is 4.99 Å². The van der Waals surface area contributed by atoms with Crippen LogP contribution >= 0.6 is 0 Å². The zero-order valence-corrected chi connectivity index (χ0v) is 37.8. The third kappa shape index (κ3) is 19.0. The summed E-state index contributed by atoms with van der Waals surface area (Å²) < 4.78 is 5.75. The Hall–Kier alpha value is -4.30. The fourth-order valence-electron chi connectivity index (χ4n) is 7.11. The van der Waals surface area contributed by atoms with E-state index in [0.717, 1.165) is 95.7 Å². The summed E-state index contributed by atoms with van der Waals surface area (Å²) in [7, 11) is 2.19. The van der Waals surface area contributed by atoms with Crippen molar-refractivity contribution < 1.29 is 9.53 Å². The van der Waals surface area contributed by atoms with E-state index in [0.29, 0.717) is 24.9 Å². The van der Waals surface area contributed by atoms with Gasteiger partial charge in [-0.3, -0.25) is 4.90 Å². The highest BCUT2D eigenvalue weighted by Gasteiger charge is 2.40. The number of fused-ring (bicyclic) bond motifs is 1. The van der Waals surface area contributed by atoms with Crippen LogP contribution in [0.5, 0.6) is 0 Å². The average Bonchev–Trinajstić information content (AvgIpc) is 3.48. The van der Waals surface area contributed by atoms with E-state index >= 15 is 0 Å². The predicted molar refractivity (Wildman–Crippen MR) is 247 cm³/mol. The van der Waals surface area contributed by atoms with Crippen molar-refractivity contribution in [3.8, 4) is 0 Å². The Bertz CT molecular complexity index is 1690. The molecule has 58 heavy (non-hydrogen) atoms. The lowest BCUT2D eigenvalue weighted by Crippen LogP contribution is -2.49. The number of amides is 2. The fraction of sp³-hybridized carbons (Fsp3) is 0.560. The van der Waals surface area contributed by atoms with E-state index in [1.165, 1.54) is 51.8 Å². The van der Waals surface area contributed by atoms with Gasteiger partial charge in [-0.1, -0.05) is 108 Å². The molecule has 0 bridgehead atoms. The number of nitrogens with one attached hydrogen (secondary N) is 2. The molecule has 320 valence electrons. The number of hydrogen-bond donors (Lipinski definition) is 3. The van der Waals surface area contributed by atoms with Crippen molar-refractivity contribution in [1.82, 2.24) is 20.4 Å². The smallest absolute Gasteiger partial charge is 0.324 e. The van der Waals surface area contributed by atoms with Gasteiger partial charge < -0.3 is 26.0 Å². The number of benzene rings is 1. The number of unbranched alkanes of at least 4 members (excludes halogenated alkanes) is 2. The molecule has 1 fully saturated rings. The van der Waals surface area contributed by atoms with Crippen LogP contribution in [0.15, 0.2) is 111 Å². The number of nitrogens with two attached hydrogens (primary N) is 1. The van der Waals surface area contributed by atoms with E-state index in [2.05, 4.69) is 144 Å². The Morgan fingerprint density at radius 2 is 1.24 bits per heavy atom. The predicted octanol–water partition coefficient (Wildman–Crippen LogP) is 12.3. The second-order valence-corrected chi connectivity index (χ2v) is 16.9. The lowest BCUT2D eigenvalue weighted by molar-refractivity contribution is 0.192. The van der Waals surface area contributed by atoms with Crippen LogP contribution in [0.25, 0.3) is 0 Å². The summed E-state index contributed by atoms with van der Waals surface area (Å²) in [5.74, 6) is 0.281. The normalized spacial score (nSPS) is 16.8. The van der Waals surface area contributed by atoms with Crippen molar-refractivity contribution >= 4 is 12.1 Å². The van der Waals surface area contributed by atoms with Crippen molar-refractivity contribution in [2.24, 2.45) is 10.7 Å². The Morgan fingerprint density at radius 3 is 1.78 bits per heavy atom. The number of carbonyl (C=O) groups is 1. The number of amidine groups is 1. The first-order chi connectivity index (χ1) is 27.8. The Kier molecular flexibility index (Phi) is 22.1. The number of hydrogen-bond acceptors (Lipinski definition) is 6. The minimum Gasteiger partial charge on any atom is -0.465 e. The van der Waals surface area contributed by atoms with Gasteiger partial charge in [0.25, 0.3) is 6.02 Å². The molecule has 8 heteroatoms. The van der Waals surface area contributed by atoms with Crippen LogP contribution < -0.4 is 16.4 Å². The second-order valence-electron chi connectivity index (χ2n) is 16.9. The number of nitrogens with zero attached hydrogens (tertiary/aromatic N) is 3. The largest absolute Gasteiger partial charge is 0.465 e. The molecule has 0 spiro atoms. The Balaban J connectivity index is 1.28. The van der Waals surface area contributed by atoms with E-state index in [4.69, 9.17) is 10.5 Å². The van der Waals surface area contributed by atoms with Gasteiger partial charge in [-0.25, -0.2) is 4.79 Å². The highest BCUT2D eigenvalue weighted by molar-refractivity contribution is 5.85. The van der Waals surface area contributed by atoms with E-state index in [1.54, 1.807) is 4.90 Å². The molecule has 4 N–H and O–H groups in total. The highest BCUT2D eigenvalue weighted by atomic mass is 16.5. The molecule has 2 heterocycles. The molecule has 1 atom stereocenters. The number of urea groups is 1. The third-order valence-corrected chi connectivity index (χ3v) is 10.9. The number of allylic oxidation sites excluding steroid dienone is 12. The maximum atomic E-state index is 12.8. The molecule has 1 aromatic rings. The standard InChI is InChI=1S/C50H78N6O2/c1-10-11-35-58-49-53-47(51)46-48(54-49)56(50(57)52-46)37-45-32-30-44(31-33-45)36-55(9)34-18-29-43(8)28-17-27-42(7)26-16-24-40(5)21-13-12-20-39(4)23-15-25-41(6)22-14-19-38(2)3/h19-21,25-26,28,30-33,48H,10-18,22-24,27,29,34-37,51H2,1-9H3,(H,52,57)(H,53,54)/b39-20+,40-21+,41-25+,42-26+,43-28+. The molecule has 0 aliphatic carbocycles. The van der Waals surface area contributed by atoms with Gasteiger partial charge >= 0.3 is 6.03 Å². The van der Waals surface area contributed by atoms with E-state index < -0.39 is 6.17 Å². The molecule has 2 aliphatic rings. The van der Waals surface area contributed by atoms with Gasteiger partial charge in [0, 0.05) is 13.1 Å². The molecular formula is C50H78N6O2. The van der Waals surface area contributed by atoms with Crippen LogP contribution in [-0.2, 0) is 17.8 Å². The molecule has 8 nitrogen and oxygen atoms in total. The molecular weight excluding hydrogens is 717 g/mol. The van der Waals surface area contributed by atoms with Crippen LogP contribution in [0, 0.1) is 0 Å². The molecule has 2 aliphatic heterocycles. The monoisotopic (exact) mass is 795 g/mol. The Labute approximate surface area is 353 Å². The first-order valence-electron chi connectivity index (χ1n) is 22.1. The topological polar surface area (TPSA) is 95.2 Å². The van der Waals surface area contributed by atoms with E-state index in [1.807, 2.05) is 0 Å². The first-order valence-corrected chi connectivity index (χ1v) is 22.1. The Morgan fingerprint density at radius 1 is 0.741 bits per heavy atom. The fourth-order valence-corrected chi connectivity index (χ4v) is 7.11. The van der Waals surface area contributed by atoms with Gasteiger partial charge in [0.15, 0.2) is 12.0 Å². The number of carbonyl (C=O) groups excluding carboxylic acids is 1. The van der Waals surface area contributed by atoms with Gasteiger partial charge in [-0.05, 0) is 157 Å². The summed E-state index contributed by atoms with van der Waals surface area (Å²) in [5, 5.41) is 6.10. The van der Waals surface area contributed by atoms with Crippen molar-refractivity contribution in [2.75, 3.05) is 20.2 Å². The third-order valence-electron chi connectivity index (χ3n) is 10.9. The van der Waals surface area contributed by atoms with Crippen LogP contribution in [0.2, 0.25) is 0 Å². The minimum atomic E-state index is -0.420. The van der Waals surface area contributed by atoms with Gasteiger partial charge in [0.2, 0.25) is 0 Å². The maximum Gasteiger partial charge on any atom is 0.324 e. The van der Waals surface area contributed by atoms with Crippen molar-refractivity contribution in [3.63, 3.8) is 0 Å². The molecule has 2 amide bonds. The summed E-state index contributed by atoms with van der Waals surface area (Å²) in [6.07, 6.45) is 29.8. The molecule has 0 saturated carbocycles. The van der Waals surface area contributed by atoms with Gasteiger partial charge in [0.1, 0.15) is 5.70 Å². The van der Waals surface area contributed by atoms with Crippen molar-refractivity contribution in [1.29, 1.82) is 0 Å². The lowest BCUT2D eigenvalue weighted by atomic mass is 10.0. The molecule has 3 rings (SSSR count). The molecule has 1 unspecified atom stereocenters. The summed E-state index contributed by atoms with van der Waals surface area (Å²) in [5.41, 5.74) is 18.0. The SMILES string of the molecule is CCCCOC1=NC(N)=C2NC(=O)N(Cc3ccc(CN(C)CCC/C(C)=C/CC/C(C)=C/CC/C(C)=C/CC/C=C(\C)CC/C=C(\C)CCC=C(C)C)cc3)C2N1. The number of aliphatic imine (C=N–C) groups is 1. The zero-order valence-electron chi connectivity index (χ0n) is 37.8. The molecule has 0 aromatic heterocycles. The average molecular weight is 795 g/mol. The van der Waals surface area contributed by atoms with Crippen LogP contribution in [-0.4, -0.2) is 48.2 Å². The van der Waals surface area contributed by atoms with Gasteiger partial charge in [-0.15, -0.1) is 0 Å². The minimum absolute atomic E-state index is 0.199. The first kappa shape index (κ1) is 48.1. The second kappa shape index (κ2) is 26.7. The van der Waals surface area contributed by atoms with Crippen molar-refractivity contribution in [3.05, 3.63) is 117 Å². The lowest BCUT2D eigenvalue weighted by Gasteiger charge is -2.28. The van der Waals surface area contributed by atoms with Crippen LogP contribution in [0.1, 0.15) is 156 Å². The summed E-state index contributed by atoms with van der Waals surface area (Å²) in [6.45, 7) is 20.8. The summed E-state index contributed by atoms with van der Waals surface area (Å²) >= 11 is 0. The van der Waals surface area contributed by atoms with Crippen molar-refractivity contribution in [2.45, 2.75) is 165 Å². The van der Waals surface area contributed by atoms with Gasteiger partial charge in [0.05, 0.1) is 6.61 Å². The number of rotatable bonds is 26. The van der Waals surface area contributed by atoms with E-state index in [-0.39, 0.29) is 11.9 Å². The van der Waals surface area contributed by atoms with Crippen LogP contribution in [0.4, 0.5) is 4.79 Å². The molecule has 1 saturated heterocycles.